The van der Waals surface area contributed by atoms with E-state index in [2.05, 4.69) is 10.2 Å². The van der Waals surface area contributed by atoms with E-state index in [4.69, 9.17) is 5.73 Å². The summed E-state index contributed by atoms with van der Waals surface area (Å²) in [4.78, 5) is 11.2. The van der Waals surface area contributed by atoms with Gasteiger partial charge in [-0.25, -0.2) is 0 Å². The van der Waals surface area contributed by atoms with Gasteiger partial charge in [0.25, 0.3) is 0 Å². The third-order valence-corrected chi connectivity index (χ3v) is 2.40. The molecule has 0 aliphatic carbocycles. The first-order valence-electron chi connectivity index (χ1n) is 5.53. The van der Waals surface area contributed by atoms with Gasteiger partial charge < -0.3 is 5.73 Å². The lowest BCUT2D eigenvalue weighted by Crippen LogP contribution is -1.89. The van der Waals surface area contributed by atoms with E-state index in [0.717, 1.165) is 0 Å². The van der Waals surface area contributed by atoms with Crippen molar-refractivity contribution in [3.05, 3.63) is 54.1 Å². The third kappa shape index (κ3) is 3.01. The van der Waals surface area contributed by atoms with Crippen LogP contribution in [0.4, 0.5) is 17.1 Å². The van der Waals surface area contributed by atoms with E-state index in [9.17, 15) is 4.79 Å². The Morgan fingerprint density at radius 2 is 1.61 bits per heavy atom. The van der Waals surface area contributed by atoms with Crippen LogP contribution in [0, 0.1) is 0 Å². The summed E-state index contributed by atoms with van der Waals surface area (Å²) in [5.74, 6) is 0.0102. The van der Waals surface area contributed by atoms with E-state index < -0.39 is 0 Å². The van der Waals surface area contributed by atoms with Crippen LogP contribution < -0.4 is 5.73 Å². The number of ketones is 1. The second kappa shape index (κ2) is 5.23. The molecule has 0 aliphatic rings. The van der Waals surface area contributed by atoms with E-state index in [1.54, 1.807) is 36.4 Å². The zero-order valence-electron chi connectivity index (χ0n) is 10.00. The number of hydrogen-bond acceptors (Lipinski definition) is 4. The van der Waals surface area contributed by atoms with Crippen LogP contribution in [0.5, 0.6) is 0 Å². The molecular formula is C14H13N3O. The van der Waals surface area contributed by atoms with Gasteiger partial charge in [0.05, 0.1) is 11.4 Å². The molecule has 0 atom stereocenters. The van der Waals surface area contributed by atoms with E-state index in [0.29, 0.717) is 22.6 Å². The van der Waals surface area contributed by atoms with Crippen molar-refractivity contribution in [1.29, 1.82) is 0 Å². The molecule has 18 heavy (non-hydrogen) atoms. The van der Waals surface area contributed by atoms with Crippen LogP contribution in [-0.2, 0) is 0 Å². The minimum absolute atomic E-state index is 0.0102. The van der Waals surface area contributed by atoms with Crippen LogP contribution in [-0.4, -0.2) is 5.78 Å². The van der Waals surface area contributed by atoms with Crippen LogP contribution >= 0.6 is 0 Å². The molecule has 0 aromatic heterocycles. The minimum atomic E-state index is 0.0102. The Morgan fingerprint density at radius 1 is 1.00 bits per heavy atom. The van der Waals surface area contributed by atoms with Crippen molar-refractivity contribution in [2.45, 2.75) is 6.92 Å². The summed E-state index contributed by atoms with van der Waals surface area (Å²) < 4.78 is 0. The number of nitrogens with zero attached hydrogens (tertiary/aromatic N) is 2. The molecule has 0 bridgehead atoms. The fourth-order valence-corrected chi connectivity index (χ4v) is 1.49. The number of rotatable bonds is 3. The lowest BCUT2D eigenvalue weighted by atomic mass is 10.1. The molecule has 0 radical (unpaired) electrons. The fourth-order valence-electron chi connectivity index (χ4n) is 1.49. The summed E-state index contributed by atoms with van der Waals surface area (Å²) in [5.41, 5.74) is 8.24. The molecule has 4 heteroatoms. The van der Waals surface area contributed by atoms with E-state index in [1.807, 2.05) is 12.1 Å². The van der Waals surface area contributed by atoms with Crippen molar-refractivity contribution in [3.8, 4) is 0 Å². The summed E-state index contributed by atoms with van der Waals surface area (Å²) in [6.45, 7) is 1.52. The number of carbonyl (C=O) groups is 1. The van der Waals surface area contributed by atoms with Gasteiger partial charge in [-0.3, -0.25) is 4.79 Å². The summed E-state index contributed by atoms with van der Waals surface area (Å²) in [7, 11) is 0. The number of nitrogens with two attached hydrogens (primary N) is 1. The summed E-state index contributed by atoms with van der Waals surface area (Å²) in [6.07, 6.45) is 0. The van der Waals surface area contributed by atoms with Crippen LogP contribution in [0.3, 0.4) is 0 Å². The van der Waals surface area contributed by atoms with E-state index in [1.165, 1.54) is 6.92 Å². The highest BCUT2D eigenvalue weighted by atomic mass is 16.1. The van der Waals surface area contributed by atoms with Crippen molar-refractivity contribution in [2.75, 3.05) is 5.73 Å². The van der Waals surface area contributed by atoms with Crippen molar-refractivity contribution >= 4 is 22.8 Å². The highest BCUT2D eigenvalue weighted by Crippen LogP contribution is 2.20. The standard InChI is InChI=1S/C14H13N3O/c1-10(18)11-4-2-6-13(8-11)16-17-14-7-3-5-12(15)9-14/h2-9H,15H2,1H3/b17-16+. The first-order chi connectivity index (χ1) is 8.65. The van der Waals surface area contributed by atoms with Gasteiger partial charge in [-0.05, 0) is 37.3 Å². The zero-order chi connectivity index (χ0) is 13.0. The van der Waals surface area contributed by atoms with Crippen molar-refractivity contribution < 1.29 is 4.79 Å². The second-order valence-corrected chi connectivity index (χ2v) is 3.90. The monoisotopic (exact) mass is 239 g/mol. The van der Waals surface area contributed by atoms with Gasteiger partial charge in [-0.2, -0.15) is 10.2 Å². The average molecular weight is 239 g/mol. The Labute approximate surface area is 105 Å². The molecule has 2 aromatic rings. The number of anilines is 1. The SMILES string of the molecule is CC(=O)c1cccc(/N=N/c2cccc(N)c2)c1. The van der Waals surface area contributed by atoms with Crippen molar-refractivity contribution in [3.63, 3.8) is 0 Å². The highest BCUT2D eigenvalue weighted by molar-refractivity contribution is 5.94. The molecule has 0 spiro atoms. The highest BCUT2D eigenvalue weighted by Gasteiger charge is 1.99. The van der Waals surface area contributed by atoms with Gasteiger partial charge >= 0.3 is 0 Å². The fraction of sp³-hybridized carbons (Fsp3) is 0.0714. The quantitative estimate of drug-likeness (QED) is 0.501. The number of carbonyl (C=O) groups excluding carboxylic acids is 1. The number of Topliss-reactive ketones (excluding diaryl/α,β-unsaturated/α-hetero) is 1. The molecule has 2 rings (SSSR count). The Morgan fingerprint density at radius 3 is 2.22 bits per heavy atom. The van der Waals surface area contributed by atoms with Crippen molar-refractivity contribution in [1.82, 2.24) is 0 Å². The largest absolute Gasteiger partial charge is 0.399 e. The molecule has 2 N–H and O–H groups in total. The first kappa shape index (κ1) is 12.0. The zero-order valence-corrected chi connectivity index (χ0v) is 10.00. The molecule has 0 saturated carbocycles. The van der Waals surface area contributed by atoms with E-state index in [-0.39, 0.29) is 5.78 Å². The van der Waals surface area contributed by atoms with Gasteiger partial charge in [0.15, 0.2) is 5.78 Å². The van der Waals surface area contributed by atoms with Gasteiger partial charge in [-0.1, -0.05) is 18.2 Å². The van der Waals surface area contributed by atoms with Crippen LogP contribution in [0.1, 0.15) is 17.3 Å². The first-order valence-corrected chi connectivity index (χ1v) is 5.53. The van der Waals surface area contributed by atoms with E-state index >= 15 is 0 Å². The van der Waals surface area contributed by atoms with Gasteiger partial charge in [0.1, 0.15) is 0 Å². The molecule has 0 saturated heterocycles. The molecule has 2 aromatic carbocycles. The van der Waals surface area contributed by atoms with Crippen LogP contribution in [0.25, 0.3) is 0 Å². The number of hydrogen-bond donors (Lipinski definition) is 1. The smallest absolute Gasteiger partial charge is 0.159 e. The third-order valence-electron chi connectivity index (χ3n) is 2.40. The molecule has 4 nitrogen and oxygen atoms in total. The molecule has 90 valence electrons. The molecular weight excluding hydrogens is 226 g/mol. The predicted octanol–water partition coefficient (Wildman–Crippen LogP) is 3.89. The predicted molar refractivity (Wildman–Crippen MR) is 71.5 cm³/mol. The normalized spacial score (nSPS) is 10.7. The second-order valence-electron chi connectivity index (χ2n) is 3.90. The lowest BCUT2D eigenvalue weighted by molar-refractivity contribution is 0.101. The van der Waals surface area contributed by atoms with Crippen LogP contribution in [0.15, 0.2) is 58.8 Å². The summed E-state index contributed by atoms with van der Waals surface area (Å²) in [5, 5.41) is 8.15. The Kier molecular flexibility index (Phi) is 3.48. The number of azo groups is 1. The van der Waals surface area contributed by atoms with Crippen LogP contribution in [0.2, 0.25) is 0 Å². The molecule has 0 amide bonds. The minimum Gasteiger partial charge on any atom is -0.399 e. The molecule has 0 unspecified atom stereocenters. The summed E-state index contributed by atoms with van der Waals surface area (Å²) >= 11 is 0. The topological polar surface area (TPSA) is 67.8 Å². The van der Waals surface area contributed by atoms with Gasteiger partial charge in [0.2, 0.25) is 0 Å². The average Bonchev–Trinajstić information content (AvgIpc) is 2.37. The molecule has 0 aliphatic heterocycles. The Bertz CT molecular complexity index is 605. The molecule has 0 heterocycles. The Balaban J connectivity index is 2.23. The number of benzene rings is 2. The summed E-state index contributed by atoms with van der Waals surface area (Å²) in [6, 6.07) is 14.2. The number of nitrogen functional groups attached to an aromatic ring is 1. The van der Waals surface area contributed by atoms with Crippen molar-refractivity contribution in [2.24, 2.45) is 10.2 Å². The lowest BCUT2D eigenvalue weighted by Gasteiger charge is -1.97. The Hall–Kier alpha value is -2.49. The maximum Gasteiger partial charge on any atom is 0.159 e. The molecule has 0 fully saturated rings. The maximum absolute atomic E-state index is 11.2. The van der Waals surface area contributed by atoms with Gasteiger partial charge in [-0.15, -0.1) is 0 Å². The van der Waals surface area contributed by atoms with Gasteiger partial charge in [0, 0.05) is 11.3 Å². The maximum atomic E-state index is 11.2.